The lowest BCUT2D eigenvalue weighted by atomic mass is 9.99. The summed E-state index contributed by atoms with van der Waals surface area (Å²) in [5.41, 5.74) is 0.518. The molecule has 0 saturated carbocycles. The Bertz CT molecular complexity index is 758. The van der Waals surface area contributed by atoms with Crippen molar-refractivity contribution < 1.29 is 9.59 Å². The van der Waals surface area contributed by atoms with Gasteiger partial charge in [0.2, 0.25) is 5.91 Å². The molecule has 2 heterocycles. The van der Waals surface area contributed by atoms with Crippen LogP contribution in [-0.2, 0) is 4.79 Å². The summed E-state index contributed by atoms with van der Waals surface area (Å²) in [5.74, 6) is 1.38. The molecule has 1 aromatic carbocycles. The number of aromatic nitrogens is 2. The molecular formula is C19H23N5O2. The van der Waals surface area contributed by atoms with Crippen molar-refractivity contribution in [2.45, 2.75) is 19.8 Å². The molecule has 3 rings (SSSR count). The number of benzene rings is 1. The molecule has 1 saturated heterocycles. The van der Waals surface area contributed by atoms with Crippen molar-refractivity contribution in [1.29, 1.82) is 0 Å². The van der Waals surface area contributed by atoms with Gasteiger partial charge in [0.15, 0.2) is 0 Å². The van der Waals surface area contributed by atoms with Crippen LogP contribution < -0.4 is 15.5 Å². The first kappa shape index (κ1) is 17.8. The largest absolute Gasteiger partial charge is 0.356 e. The number of nitrogens with one attached hydrogen (secondary N) is 2. The summed E-state index contributed by atoms with van der Waals surface area (Å²) >= 11 is 0. The van der Waals surface area contributed by atoms with Gasteiger partial charge in [-0.2, -0.15) is 0 Å². The van der Waals surface area contributed by atoms with E-state index < -0.39 is 0 Å². The van der Waals surface area contributed by atoms with Crippen LogP contribution in [0, 0.1) is 5.92 Å². The summed E-state index contributed by atoms with van der Waals surface area (Å²) < 4.78 is 0. The summed E-state index contributed by atoms with van der Waals surface area (Å²) in [7, 11) is 0. The van der Waals surface area contributed by atoms with Crippen LogP contribution in [0.4, 0.5) is 11.6 Å². The van der Waals surface area contributed by atoms with Crippen molar-refractivity contribution in [3.8, 4) is 0 Å². The minimum absolute atomic E-state index is 0.117. The summed E-state index contributed by atoms with van der Waals surface area (Å²) in [6.45, 7) is 4.05. The second-order valence-corrected chi connectivity index (χ2v) is 6.53. The Hall–Kier alpha value is -2.96. The quantitative estimate of drug-likeness (QED) is 0.859. The third-order valence-corrected chi connectivity index (χ3v) is 4.47. The van der Waals surface area contributed by atoms with Gasteiger partial charge < -0.3 is 15.5 Å². The molecular weight excluding hydrogens is 330 g/mol. The average Bonchev–Trinajstić information content (AvgIpc) is 2.67. The first-order valence-corrected chi connectivity index (χ1v) is 8.82. The Morgan fingerprint density at radius 1 is 1.15 bits per heavy atom. The topological polar surface area (TPSA) is 87.2 Å². The number of carbonyl (C=O) groups excluding carboxylic acids is 2. The maximum Gasteiger partial charge on any atom is 0.251 e. The van der Waals surface area contributed by atoms with Crippen LogP contribution in [0.3, 0.4) is 0 Å². The highest BCUT2D eigenvalue weighted by Crippen LogP contribution is 2.22. The van der Waals surface area contributed by atoms with Crippen LogP contribution in [0.15, 0.2) is 42.7 Å². The molecule has 26 heavy (non-hydrogen) atoms. The van der Waals surface area contributed by atoms with E-state index in [2.05, 4.69) is 32.4 Å². The third kappa shape index (κ3) is 4.78. The molecule has 136 valence electrons. The minimum Gasteiger partial charge on any atom is -0.356 e. The maximum atomic E-state index is 12.1. The van der Waals surface area contributed by atoms with Crippen LogP contribution in [0.2, 0.25) is 0 Å². The number of hydrogen-bond donors (Lipinski definition) is 2. The van der Waals surface area contributed by atoms with Gasteiger partial charge in [0.1, 0.15) is 18.0 Å². The smallest absolute Gasteiger partial charge is 0.251 e. The van der Waals surface area contributed by atoms with Crippen molar-refractivity contribution in [3.05, 3.63) is 48.3 Å². The fourth-order valence-electron chi connectivity index (χ4n) is 2.87. The van der Waals surface area contributed by atoms with Crippen LogP contribution in [0.5, 0.6) is 0 Å². The van der Waals surface area contributed by atoms with E-state index in [4.69, 9.17) is 0 Å². The summed E-state index contributed by atoms with van der Waals surface area (Å²) in [6, 6.07) is 10.6. The fraction of sp³-hybridized carbons (Fsp3) is 0.368. The van der Waals surface area contributed by atoms with E-state index in [0.717, 1.165) is 37.7 Å². The molecule has 0 unspecified atom stereocenters. The lowest BCUT2D eigenvalue weighted by Crippen LogP contribution is -2.34. The zero-order chi connectivity index (χ0) is 18.4. The molecule has 0 aliphatic carbocycles. The molecule has 1 fully saturated rings. The Morgan fingerprint density at radius 3 is 2.62 bits per heavy atom. The van der Waals surface area contributed by atoms with Gasteiger partial charge in [-0.1, -0.05) is 25.1 Å². The molecule has 2 aromatic rings. The van der Waals surface area contributed by atoms with Crippen molar-refractivity contribution in [1.82, 2.24) is 15.3 Å². The Morgan fingerprint density at radius 2 is 1.88 bits per heavy atom. The molecule has 7 nitrogen and oxygen atoms in total. The van der Waals surface area contributed by atoms with Gasteiger partial charge in [0.05, 0.1) is 6.54 Å². The van der Waals surface area contributed by atoms with Gasteiger partial charge in [-0.25, -0.2) is 9.97 Å². The van der Waals surface area contributed by atoms with Gasteiger partial charge >= 0.3 is 0 Å². The van der Waals surface area contributed by atoms with Gasteiger partial charge in [-0.15, -0.1) is 0 Å². The zero-order valence-electron chi connectivity index (χ0n) is 14.8. The molecule has 0 bridgehead atoms. The lowest BCUT2D eigenvalue weighted by Gasteiger charge is -2.31. The number of anilines is 2. The van der Waals surface area contributed by atoms with Crippen LogP contribution >= 0.6 is 0 Å². The number of hydrogen-bond acceptors (Lipinski definition) is 5. The summed E-state index contributed by atoms with van der Waals surface area (Å²) in [5, 5.41) is 5.30. The van der Waals surface area contributed by atoms with Crippen molar-refractivity contribution in [2.75, 3.05) is 29.9 Å². The van der Waals surface area contributed by atoms with E-state index in [1.165, 1.54) is 6.33 Å². The van der Waals surface area contributed by atoms with E-state index in [-0.39, 0.29) is 18.4 Å². The predicted octanol–water partition coefficient (Wildman–Crippen LogP) is 2.08. The molecule has 0 atom stereocenters. The third-order valence-electron chi connectivity index (χ3n) is 4.47. The van der Waals surface area contributed by atoms with Gasteiger partial charge in [0, 0.05) is 24.7 Å². The molecule has 2 amide bonds. The summed E-state index contributed by atoms with van der Waals surface area (Å²) in [4.78, 5) is 34.6. The predicted molar refractivity (Wildman–Crippen MR) is 100 cm³/mol. The lowest BCUT2D eigenvalue weighted by molar-refractivity contribution is -0.115. The number of nitrogens with zero attached hydrogens (tertiary/aromatic N) is 3. The molecule has 1 aromatic heterocycles. The normalized spacial score (nSPS) is 14.7. The van der Waals surface area contributed by atoms with Crippen LogP contribution in [0.25, 0.3) is 0 Å². The fourth-order valence-corrected chi connectivity index (χ4v) is 2.87. The number of piperidine rings is 1. The van der Waals surface area contributed by atoms with Crippen molar-refractivity contribution in [3.63, 3.8) is 0 Å². The van der Waals surface area contributed by atoms with Crippen molar-refractivity contribution >= 4 is 23.5 Å². The molecule has 1 aliphatic heterocycles. The molecule has 7 heteroatoms. The van der Waals surface area contributed by atoms with E-state index in [9.17, 15) is 9.59 Å². The van der Waals surface area contributed by atoms with E-state index in [1.54, 1.807) is 30.3 Å². The highest BCUT2D eigenvalue weighted by molar-refractivity contribution is 5.99. The van der Waals surface area contributed by atoms with Gasteiger partial charge in [-0.05, 0) is 30.9 Å². The van der Waals surface area contributed by atoms with Crippen molar-refractivity contribution in [2.24, 2.45) is 5.92 Å². The zero-order valence-corrected chi connectivity index (χ0v) is 14.8. The molecule has 2 N–H and O–H groups in total. The Labute approximate surface area is 152 Å². The van der Waals surface area contributed by atoms with Gasteiger partial charge in [-0.3, -0.25) is 9.59 Å². The Balaban J connectivity index is 1.53. The van der Waals surface area contributed by atoms with E-state index in [1.807, 2.05) is 6.07 Å². The van der Waals surface area contributed by atoms with Crippen LogP contribution in [0.1, 0.15) is 30.1 Å². The number of amides is 2. The van der Waals surface area contributed by atoms with E-state index in [0.29, 0.717) is 11.4 Å². The average molecular weight is 353 g/mol. The SMILES string of the molecule is CC1CCN(c2cc(NC(=O)CNC(=O)c3ccccc3)ncn2)CC1. The van der Waals surface area contributed by atoms with E-state index >= 15 is 0 Å². The second-order valence-electron chi connectivity index (χ2n) is 6.53. The number of carbonyl (C=O) groups is 2. The number of rotatable bonds is 5. The molecule has 0 radical (unpaired) electrons. The van der Waals surface area contributed by atoms with Crippen LogP contribution in [-0.4, -0.2) is 41.4 Å². The maximum absolute atomic E-state index is 12.1. The molecule has 1 aliphatic rings. The first-order chi connectivity index (χ1) is 12.6. The molecule has 0 spiro atoms. The highest BCUT2D eigenvalue weighted by atomic mass is 16.2. The second kappa shape index (κ2) is 8.42. The summed E-state index contributed by atoms with van der Waals surface area (Å²) in [6.07, 6.45) is 3.72. The standard InChI is InChI=1S/C19H23N5O2/c1-14-7-9-24(10-8-14)17-11-16(21-13-22-17)23-18(25)12-20-19(26)15-5-3-2-4-6-15/h2-6,11,13-14H,7-10,12H2,1H3,(H,20,26)(H,21,22,23,25). The monoisotopic (exact) mass is 353 g/mol. The minimum atomic E-state index is -0.328. The van der Waals surface area contributed by atoms with Gasteiger partial charge in [0.25, 0.3) is 5.91 Å². The highest BCUT2D eigenvalue weighted by Gasteiger charge is 2.17. The Kier molecular flexibility index (Phi) is 5.78. The first-order valence-electron chi connectivity index (χ1n) is 8.82.